The molecule has 4 rings (SSSR count). The zero-order valence-electron chi connectivity index (χ0n) is 18.9. The van der Waals surface area contributed by atoms with E-state index in [-0.39, 0.29) is 11.7 Å². The number of carbonyl (C=O) groups excluding carboxylic acids is 1. The Labute approximate surface area is 184 Å². The van der Waals surface area contributed by atoms with E-state index in [9.17, 15) is 4.79 Å². The highest BCUT2D eigenvalue weighted by molar-refractivity contribution is 6.02. The molecule has 31 heavy (non-hydrogen) atoms. The van der Waals surface area contributed by atoms with Crippen molar-refractivity contribution >= 4 is 11.5 Å². The summed E-state index contributed by atoms with van der Waals surface area (Å²) in [7, 11) is 4.79. The highest BCUT2D eigenvalue weighted by Crippen LogP contribution is 2.45. The Kier molecular flexibility index (Phi) is 6.37. The van der Waals surface area contributed by atoms with Crippen molar-refractivity contribution in [2.45, 2.75) is 19.8 Å². The third-order valence-electron chi connectivity index (χ3n) is 6.62. The number of nitrogens with zero attached hydrogens (tertiary/aromatic N) is 2. The highest BCUT2D eigenvalue weighted by Gasteiger charge is 2.34. The van der Waals surface area contributed by atoms with Crippen molar-refractivity contribution < 1.29 is 19.0 Å². The maximum Gasteiger partial charge on any atom is 0.203 e. The zero-order chi connectivity index (χ0) is 22.0. The number of benzene rings is 2. The van der Waals surface area contributed by atoms with Crippen molar-refractivity contribution in [3.63, 3.8) is 0 Å². The van der Waals surface area contributed by atoms with E-state index in [1.54, 1.807) is 21.3 Å². The first-order valence-electron chi connectivity index (χ1n) is 11.0. The molecule has 1 saturated heterocycles. The Morgan fingerprint density at radius 3 is 2.32 bits per heavy atom. The lowest BCUT2D eigenvalue weighted by molar-refractivity contribution is 0.0852. The zero-order valence-corrected chi connectivity index (χ0v) is 18.9. The summed E-state index contributed by atoms with van der Waals surface area (Å²) in [5.41, 5.74) is 4.28. The predicted octanol–water partition coefficient (Wildman–Crippen LogP) is 3.59. The number of methoxy groups -OCH3 is 3. The Bertz CT molecular complexity index is 951. The SMILES string of the molecule is COc1cc2c(c(OC)c1OC)CCC(CN1CCN(c3ccccc3C)CC1)C2=O. The molecule has 1 fully saturated rings. The average Bonchev–Trinajstić information content (AvgIpc) is 2.80. The van der Waals surface area contributed by atoms with Crippen LogP contribution in [0.5, 0.6) is 17.2 Å². The van der Waals surface area contributed by atoms with Gasteiger partial charge in [0.25, 0.3) is 0 Å². The van der Waals surface area contributed by atoms with Gasteiger partial charge >= 0.3 is 0 Å². The fourth-order valence-corrected chi connectivity index (χ4v) is 4.93. The molecule has 2 aliphatic rings. The van der Waals surface area contributed by atoms with Gasteiger partial charge in [0.2, 0.25) is 5.75 Å². The van der Waals surface area contributed by atoms with Gasteiger partial charge in [-0.05, 0) is 37.5 Å². The first-order chi connectivity index (χ1) is 15.1. The third kappa shape index (κ3) is 4.09. The number of Topliss-reactive ketones (excluding diaryl/α,β-unsaturated/α-hetero) is 1. The van der Waals surface area contributed by atoms with Crippen LogP contribution in [0.1, 0.15) is 27.9 Å². The van der Waals surface area contributed by atoms with Gasteiger partial charge in [-0.3, -0.25) is 9.69 Å². The second-order valence-corrected chi connectivity index (χ2v) is 8.35. The maximum atomic E-state index is 13.4. The topological polar surface area (TPSA) is 51.2 Å². The number of ketones is 1. The number of anilines is 1. The van der Waals surface area contributed by atoms with Crippen LogP contribution in [0.4, 0.5) is 5.69 Å². The van der Waals surface area contributed by atoms with Crippen LogP contribution in [0.25, 0.3) is 0 Å². The molecule has 0 aromatic heterocycles. The molecule has 1 atom stereocenters. The van der Waals surface area contributed by atoms with E-state index >= 15 is 0 Å². The predicted molar refractivity (Wildman–Crippen MR) is 122 cm³/mol. The van der Waals surface area contributed by atoms with Crippen molar-refractivity contribution in [1.82, 2.24) is 4.90 Å². The summed E-state index contributed by atoms with van der Waals surface area (Å²) in [5, 5.41) is 0. The van der Waals surface area contributed by atoms with E-state index < -0.39 is 0 Å². The molecule has 0 bridgehead atoms. The molecule has 0 radical (unpaired) electrons. The number of aryl methyl sites for hydroxylation is 1. The van der Waals surface area contributed by atoms with Crippen LogP contribution in [0.15, 0.2) is 30.3 Å². The molecular formula is C25H32N2O4. The van der Waals surface area contributed by atoms with E-state index in [2.05, 4.69) is 41.0 Å². The van der Waals surface area contributed by atoms with Gasteiger partial charge in [-0.1, -0.05) is 18.2 Å². The minimum absolute atomic E-state index is 0.000295. The first-order valence-corrected chi connectivity index (χ1v) is 11.0. The number of fused-ring (bicyclic) bond motifs is 1. The number of hydrogen-bond donors (Lipinski definition) is 0. The number of para-hydroxylation sites is 1. The lowest BCUT2D eigenvalue weighted by atomic mass is 9.81. The van der Waals surface area contributed by atoms with Gasteiger partial charge < -0.3 is 19.1 Å². The minimum Gasteiger partial charge on any atom is -0.493 e. The standard InChI is InChI=1S/C25H32N2O4/c1-17-7-5-6-8-21(17)27-13-11-26(12-14-27)16-18-9-10-19-20(23(18)28)15-22(29-2)25(31-4)24(19)30-3/h5-8,15,18H,9-14,16H2,1-4H3. The smallest absolute Gasteiger partial charge is 0.203 e. The van der Waals surface area contributed by atoms with Gasteiger partial charge in [0, 0.05) is 55.5 Å². The van der Waals surface area contributed by atoms with Gasteiger partial charge in [-0.2, -0.15) is 0 Å². The van der Waals surface area contributed by atoms with Crippen molar-refractivity contribution in [2.24, 2.45) is 5.92 Å². The molecule has 1 aliphatic heterocycles. The lowest BCUT2D eigenvalue weighted by Gasteiger charge is -2.38. The molecule has 0 saturated carbocycles. The van der Waals surface area contributed by atoms with Crippen LogP contribution in [-0.4, -0.2) is 64.7 Å². The van der Waals surface area contributed by atoms with Crippen molar-refractivity contribution in [3.05, 3.63) is 47.0 Å². The van der Waals surface area contributed by atoms with Gasteiger partial charge in [0.1, 0.15) is 0 Å². The molecule has 0 N–H and O–H groups in total. The van der Waals surface area contributed by atoms with E-state index in [1.807, 2.05) is 6.07 Å². The van der Waals surface area contributed by atoms with E-state index in [0.29, 0.717) is 22.8 Å². The lowest BCUT2D eigenvalue weighted by Crippen LogP contribution is -2.49. The third-order valence-corrected chi connectivity index (χ3v) is 6.62. The second kappa shape index (κ2) is 9.18. The van der Waals surface area contributed by atoms with Gasteiger partial charge in [-0.15, -0.1) is 0 Å². The van der Waals surface area contributed by atoms with Crippen LogP contribution in [-0.2, 0) is 6.42 Å². The van der Waals surface area contributed by atoms with Crippen molar-refractivity contribution in [3.8, 4) is 17.2 Å². The number of carbonyl (C=O) groups is 1. The molecule has 166 valence electrons. The average molecular weight is 425 g/mol. The van der Waals surface area contributed by atoms with E-state index in [1.165, 1.54) is 11.3 Å². The molecule has 6 nitrogen and oxygen atoms in total. The highest BCUT2D eigenvalue weighted by atomic mass is 16.5. The first kappa shape index (κ1) is 21.5. The quantitative estimate of drug-likeness (QED) is 0.707. The summed E-state index contributed by atoms with van der Waals surface area (Å²) in [6, 6.07) is 10.4. The summed E-state index contributed by atoms with van der Waals surface area (Å²) < 4.78 is 16.6. The molecule has 2 aromatic rings. The van der Waals surface area contributed by atoms with Gasteiger partial charge in [0.05, 0.1) is 21.3 Å². The Morgan fingerprint density at radius 1 is 0.968 bits per heavy atom. The number of piperazine rings is 1. The van der Waals surface area contributed by atoms with Crippen LogP contribution in [0.2, 0.25) is 0 Å². The summed E-state index contributed by atoms with van der Waals surface area (Å²) in [6.07, 6.45) is 1.63. The monoisotopic (exact) mass is 424 g/mol. The normalized spacial score (nSPS) is 19.2. The molecule has 1 heterocycles. The van der Waals surface area contributed by atoms with Crippen molar-refractivity contribution in [2.75, 3.05) is 59.0 Å². The molecule has 1 aliphatic carbocycles. The summed E-state index contributed by atoms with van der Waals surface area (Å²) in [6.45, 7) is 6.89. The second-order valence-electron chi connectivity index (χ2n) is 8.35. The summed E-state index contributed by atoms with van der Waals surface area (Å²) in [5.74, 6) is 1.90. The summed E-state index contributed by atoms with van der Waals surface area (Å²) >= 11 is 0. The van der Waals surface area contributed by atoms with Crippen LogP contribution in [0.3, 0.4) is 0 Å². The molecule has 1 unspecified atom stereocenters. The van der Waals surface area contributed by atoms with Crippen LogP contribution >= 0.6 is 0 Å². The largest absolute Gasteiger partial charge is 0.493 e. The number of ether oxygens (including phenoxy) is 3. The number of rotatable bonds is 6. The molecule has 2 aromatic carbocycles. The molecule has 6 heteroatoms. The van der Waals surface area contributed by atoms with Crippen LogP contribution in [0, 0.1) is 12.8 Å². The molecular weight excluding hydrogens is 392 g/mol. The van der Waals surface area contributed by atoms with Crippen molar-refractivity contribution in [1.29, 1.82) is 0 Å². The Morgan fingerprint density at radius 2 is 1.68 bits per heavy atom. The minimum atomic E-state index is 0.000295. The fraction of sp³-hybridized carbons (Fsp3) is 0.480. The fourth-order valence-electron chi connectivity index (χ4n) is 4.93. The van der Waals surface area contributed by atoms with E-state index in [4.69, 9.17) is 14.2 Å². The van der Waals surface area contributed by atoms with Crippen LogP contribution < -0.4 is 19.1 Å². The summed E-state index contributed by atoms with van der Waals surface area (Å²) in [4.78, 5) is 18.2. The maximum absolute atomic E-state index is 13.4. The molecule has 0 spiro atoms. The van der Waals surface area contributed by atoms with Gasteiger partial charge in [-0.25, -0.2) is 0 Å². The molecule has 0 amide bonds. The number of hydrogen-bond acceptors (Lipinski definition) is 6. The van der Waals surface area contributed by atoms with Gasteiger partial charge in [0.15, 0.2) is 17.3 Å². The Balaban J connectivity index is 1.45. The van der Waals surface area contributed by atoms with E-state index in [0.717, 1.165) is 51.1 Å². The Hall–Kier alpha value is -2.73.